The number of aliphatic hydroxyl groups is 5. The van der Waals surface area contributed by atoms with Gasteiger partial charge < -0.3 is 35.0 Å². The Bertz CT molecular complexity index is 1080. The molecule has 5 N–H and O–H groups in total. The summed E-state index contributed by atoms with van der Waals surface area (Å²) < 4.78 is 12.2. The molecule has 0 spiro atoms. The van der Waals surface area contributed by atoms with E-state index in [-0.39, 0.29) is 39.8 Å². The first-order valence-corrected chi connectivity index (χ1v) is 17.0. The van der Waals surface area contributed by atoms with Crippen LogP contribution < -0.4 is 0 Å². The van der Waals surface area contributed by atoms with Crippen molar-refractivity contribution in [3.8, 4) is 0 Å². The molecule has 5 rings (SSSR count). The van der Waals surface area contributed by atoms with E-state index in [1.54, 1.807) is 0 Å². The molecule has 1 heterocycles. The van der Waals surface area contributed by atoms with Gasteiger partial charge in [-0.2, -0.15) is 0 Å². The largest absolute Gasteiger partial charge is 0.394 e. The third-order valence-electron chi connectivity index (χ3n) is 14.0. The van der Waals surface area contributed by atoms with E-state index in [0.717, 1.165) is 51.4 Å². The minimum Gasteiger partial charge on any atom is -0.394 e. The standard InChI is InChI=1S/C36H60O7/c1-20(2)10-9-11-21(3)22-12-16-36(8)28(22)23(38)18-26-34(6)15-14-27(33(4,5)25(34)13-17-35(26,36)7)43-32-31(41)30(40)29(39)24(19-37)42-32/h10-11,22-32,37-41H,9,12-19H2,1-8H3/b21-11-/t22-,23-,24-,25+,26-,27+,28+,29-,30+,31-,32+,34+,35-,36-/m0/s1. The van der Waals surface area contributed by atoms with E-state index >= 15 is 0 Å². The van der Waals surface area contributed by atoms with Crippen LogP contribution >= 0.6 is 0 Å². The predicted molar refractivity (Wildman–Crippen MR) is 167 cm³/mol. The van der Waals surface area contributed by atoms with Crippen LogP contribution in [0.4, 0.5) is 0 Å². The Morgan fingerprint density at radius 1 is 0.814 bits per heavy atom. The number of fused-ring (bicyclic) bond motifs is 5. The van der Waals surface area contributed by atoms with Crippen molar-refractivity contribution in [3.05, 3.63) is 23.3 Å². The SMILES string of the molecule is CC(C)=CC/C=C(/C)[C@@H]1CC[C@@]2(C)[C@H]1[C@@H](O)C[C@H]1[C@]3(C)CC[C@@H](O[C@H]4O[C@@H](CO)[C@H](O)[C@@H](O)[C@@H]4O)C(C)(C)[C@H]3CC[C@@]12C. The van der Waals surface area contributed by atoms with E-state index in [2.05, 4.69) is 67.5 Å². The van der Waals surface area contributed by atoms with Crippen LogP contribution in [-0.2, 0) is 9.47 Å². The average molecular weight is 605 g/mol. The molecular formula is C36H60O7. The maximum absolute atomic E-state index is 12.0. The van der Waals surface area contributed by atoms with Crippen molar-refractivity contribution in [2.24, 2.45) is 45.3 Å². The second-order valence-corrected chi connectivity index (χ2v) is 16.6. The van der Waals surface area contributed by atoms with Crippen LogP contribution in [0.25, 0.3) is 0 Å². The molecule has 1 aliphatic heterocycles. The second-order valence-electron chi connectivity index (χ2n) is 16.6. The highest BCUT2D eigenvalue weighted by molar-refractivity contribution is 5.23. The van der Waals surface area contributed by atoms with Gasteiger partial charge in [-0.3, -0.25) is 0 Å². The lowest BCUT2D eigenvalue weighted by molar-refractivity contribution is -0.331. The molecule has 0 radical (unpaired) electrons. The summed E-state index contributed by atoms with van der Waals surface area (Å²) in [4.78, 5) is 0. The summed E-state index contributed by atoms with van der Waals surface area (Å²) in [6, 6.07) is 0. The molecule has 0 unspecified atom stereocenters. The van der Waals surface area contributed by atoms with Gasteiger partial charge in [-0.25, -0.2) is 0 Å². The number of hydrogen-bond acceptors (Lipinski definition) is 7. The summed E-state index contributed by atoms with van der Waals surface area (Å²) in [5.74, 6) is 1.48. The molecule has 0 aromatic carbocycles. The Morgan fingerprint density at radius 3 is 2.14 bits per heavy atom. The zero-order valence-electron chi connectivity index (χ0n) is 27.9. The Labute approximate surface area is 259 Å². The Kier molecular flexibility index (Phi) is 9.19. The van der Waals surface area contributed by atoms with Gasteiger partial charge in [0.05, 0.1) is 18.8 Å². The molecule has 0 bridgehead atoms. The molecule has 0 amide bonds. The fourth-order valence-electron chi connectivity index (χ4n) is 11.5. The first kappa shape index (κ1) is 33.6. The molecular weight excluding hydrogens is 544 g/mol. The van der Waals surface area contributed by atoms with Gasteiger partial charge in [0.25, 0.3) is 0 Å². The molecule has 246 valence electrons. The summed E-state index contributed by atoms with van der Waals surface area (Å²) in [6.07, 6.45) is 5.90. The predicted octanol–water partition coefficient (Wildman–Crippen LogP) is 5.13. The highest BCUT2D eigenvalue weighted by Crippen LogP contribution is 2.75. The molecule has 7 heteroatoms. The molecule has 0 aromatic rings. The zero-order valence-corrected chi connectivity index (χ0v) is 27.9. The summed E-state index contributed by atoms with van der Waals surface area (Å²) in [7, 11) is 0. The summed E-state index contributed by atoms with van der Waals surface area (Å²) in [6.45, 7) is 18.2. The molecule has 1 saturated heterocycles. The molecule has 4 aliphatic carbocycles. The van der Waals surface area contributed by atoms with Crippen molar-refractivity contribution in [1.29, 1.82) is 0 Å². The van der Waals surface area contributed by atoms with Gasteiger partial charge in [0.15, 0.2) is 6.29 Å². The molecule has 0 aromatic heterocycles. The van der Waals surface area contributed by atoms with Crippen LogP contribution in [-0.4, -0.2) is 75.1 Å². The molecule has 14 atom stereocenters. The fraction of sp³-hybridized carbons (Fsp3) is 0.889. The van der Waals surface area contributed by atoms with Crippen molar-refractivity contribution < 1.29 is 35.0 Å². The minimum atomic E-state index is -1.44. The van der Waals surface area contributed by atoms with E-state index in [1.807, 2.05) is 0 Å². The van der Waals surface area contributed by atoms with Crippen LogP contribution in [0.3, 0.4) is 0 Å². The summed E-state index contributed by atoms with van der Waals surface area (Å²) in [5.41, 5.74) is 2.80. The Morgan fingerprint density at radius 2 is 1.49 bits per heavy atom. The highest BCUT2D eigenvalue weighted by Gasteiger charge is 2.70. The number of hydrogen-bond donors (Lipinski definition) is 5. The number of ether oxygens (including phenoxy) is 2. The van der Waals surface area contributed by atoms with Crippen LogP contribution in [0.15, 0.2) is 23.3 Å². The van der Waals surface area contributed by atoms with E-state index in [9.17, 15) is 25.5 Å². The zero-order chi connectivity index (χ0) is 31.7. The van der Waals surface area contributed by atoms with Crippen molar-refractivity contribution in [2.75, 3.05) is 6.61 Å². The fourth-order valence-corrected chi connectivity index (χ4v) is 11.5. The summed E-state index contributed by atoms with van der Waals surface area (Å²) in [5, 5.41) is 52.9. The van der Waals surface area contributed by atoms with Crippen molar-refractivity contribution in [2.45, 2.75) is 150 Å². The van der Waals surface area contributed by atoms with E-state index in [1.165, 1.54) is 11.1 Å². The average Bonchev–Trinajstić information content (AvgIpc) is 3.31. The monoisotopic (exact) mass is 604 g/mol. The lowest BCUT2D eigenvalue weighted by Crippen LogP contribution is -2.67. The first-order valence-electron chi connectivity index (χ1n) is 17.0. The van der Waals surface area contributed by atoms with Crippen LogP contribution in [0.2, 0.25) is 0 Å². The van der Waals surface area contributed by atoms with Crippen molar-refractivity contribution in [1.82, 2.24) is 0 Å². The van der Waals surface area contributed by atoms with E-state index < -0.39 is 37.3 Å². The van der Waals surface area contributed by atoms with Gasteiger partial charge in [-0.15, -0.1) is 0 Å². The lowest BCUT2D eigenvalue weighted by atomic mass is 9.35. The van der Waals surface area contributed by atoms with Gasteiger partial charge in [0.2, 0.25) is 0 Å². The molecule has 7 nitrogen and oxygen atoms in total. The van der Waals surface area contributed by atoms with Crippen LogP contribution in [0, 0.1) is 45.3 Å². The first-order chi connectivity index (χ1) is 20.0. The third kappa shape index (κ3) is 5.21. The smallest absolute Gasteiger partial charge is 0.186 e. The minimum absolute atomic E-state index is 0.0348. The van der Waals surface area contributed by atoms with Crippen LogP contribution in [0.1, 0.15) is 107 Å². The van der Waals surface area contributed by atoms with Gasteiger partial charge in [0.1, 0.15) is 24.4 Å². The van der Waals surface area contributed by atoms with Gasteiger partial charge in [0, 0.05) is 0 Å². The van der Waals surface area contributed by atoms with Gasteiger partial charge >= 0.3 is 0 Å². The maximum Gasteiger partial charge on any atom is 0.186 e. The number of allylic oxidation sites excluding steroid dienone is 4. The molecule has 5 fully saturated rings. The molecule has 4 saturated carbocycles. The third-order valence-corrected chi connectivity index (χ3v) is 14.0. The number of aliphatic hydroxyl groups excluding tert-OH is 5. The Balaban J connectivity index is 1.38. The normalized spacial score (nSPS) is 51.3. The molecule has 5 aliphatic rings. The maximum atomic E-state index is 12.0. The van der Waals surface area contributed by atoms with Crippen LogP contribution in [0.5, 0.6) is 0 Å². The lowest BCUT2D eigenvalue weighted by Gasteiger charge is -2.70. The van der Waals surface area contributed by atoms with Crippen molar-refractivity contribution in [3.63, 3.8) is 0 Å². The van der Waals surface area contributed by atoms with Gasteiger partial charge in [-0.05, 0) is 117 Å². The number of rotatable bonds is 6. The van der Waals surface area contributed by atoms with E-state index in [0.29, 0.717) is 17.8 Å². The summed E-state index contributed by atoms with van der Waals surface area (Å²) >= 11 is 0. The molecule has 43 heavy (non-hydrogen) atoms. The van der Waals surface area contributed by atoms with Crippen molar-refractivity contribution >= 4 is 0 Å². The second kappa shape index (κ2) is 11.8. The Hall–Kier alpha value is -0.800. The highest BCUT2D eigenvalue weighted by atomic mass is 16.7. The van der Waals surface area contributed by atoms with E-state index in [4.69, 9.17) is 9.47 Å². The topological polar surface area (TPSA) is 120 Å². The quantitative estimate of drug-likeness (QED) is 0.211. The van der Waals surface area contributed by atoms with Gasteiger partial charge in [-0.1, -0.05) is 57.9 Å².